The molecule has 0 aliphatic rings. The van der Waals surface area contributed by atoms with Gasteiger partial charge in [0, 0.05) is 17.5 Å². The number of carbonyl (C=O) groups is 1. The Morgan fingerprint density at radius 2 is 1.79 bits per heavy atom. The summed E-state index contributed by atoms with van der Waals surface area (Å²) in [6.45, 7) is 7.72. The predicted octanol–water partition coefficient (Wildman–Crippen LogP) is 4.74. The molecule has 3 aromatic rings. The summed E-state index contributed by atoms with van der Waals surface area (Å²) in [5.74, 6) is -0.515. The summed E-state index contributed by atoms with van der Waals surface area (Å²) in [7, 11) is -3.92. The maximum absolute atomic E-state index is 13.0. The summed E-state index contributed by atoms with van der Waals surface area (Å²) in [5.41, 5.74) is 1.67. The van der Waals surface area contributed by atoms with Crippen LogP contribution in [0, 0.1) is 12.8 Å². The number of hydrogen-bond acceptors (Lipinski definition) is 6. The van der Waals surface area contributed by atoms with Gasteiger partial charge in [0.25, 0.3) is 0 Å². The molecule has 2 aromatic carbocycles. The first-order chi connectivity index (χ1) is 16.1. The van der Waals surface area contributed by atoms with Crippen molar-refractivity contribution in [3.63, 3.8) is 0 Å². The smallest absolute Gasteiger partial charge is 0.336 e. The van der Waals surface area contributed by atoms with Crippen molar-refractivity contribution in [3.05, 3.63) is 70.1 Å². The van der Waals surface area contributed by atoms with E-state index in [0.717, 1.165) is 35.8 Å². The van der Waals surface area contributed by atoms with Crippen LogP contribution in [-0.2, 0) is 21.2 Å². The normalized spacial score (nSPS) is 12.7. The molecular formula is C26H31NO6S. The summed E-state index contributed by atoms with van der Waals surface area (Å²) in [6, 6.07) is 11.7. The van der Waals surface area contributed by atoms with Crippen LogP contribution in [0.25, 0.3) is 11.0 Å². The van der Waals surface area contributed by atoms with Crippen molar-refractivity contribution in [3.8, 4) is 5.75 Å². The first kappa shape index (κ1) is 25.6. The highest BCUT2D eigenvalue weighted by Gasteiger charge is 2.28. The number of aryl methyl sites for hydroxylation is 2. The van der Waals surface area contributed by atoms with E-state index in [-0.39, 0.29) is 23.0 Å². The van der Waals surface area contributed by atoms with Gasteiger partial charge in [0.05, 0.1) is 4.90 Å². The van der Waals surface area contributed by atoms with Crippen LogP contribution < -0.4 is 15.1 Å². The first-order valence-electron chi connectivity index (χ1n) is 11.5. The SMILES string of the molecule is CCCCc1cc(=O)oc2cc(OC(=O)[C@H](CC(C)C)NS(=O)(=O)c3ccc(C)cc3)ccc12. The van der Waals surface area contributed by atoms with E-state index in [1.165, 1.54) is 24.3 Å². The lowest BCUT2D eigenvalue weighted by atomic mass is 10.0. The number of ether oxygens (including phenoxy) is 1. The Morgan fingerprint density at radius 3 is 2.44 bits per heavy atom. The second kappa shape index (κ2) is 11.0. The molecule has 0 unspecified atom stereocenters. The van der Waals surface area contributed by atoms with Crippen LogP contribution in [0.2, 0.25) is 0 Å². The molecule has 3 rings (SSSR count). The van der Waals surface area contributed by atoms with Gasteiger partial charge in [-0.05, 0) is 61.9 Å². The number of benzene rings is 2. The summed E-state index contributed by atoms with van der Waals surface area (Å²) >= 11 is 0. The summed E-state index contributed by atoms with van der Waals surface area (Å²) in [6.07, 6.45) is 2.93. The molecule has 0 aliphatic carbocycles. The molecule has 1 atom stereocenters. The summed E-state index contributed by atoms with van der Waals surface area (Å²) in [5, 5.41) is 0.784. The van der Waals surface area contributed by atoms with Gasteiger partial charge < -0.3 is 9.15 Å². The quantitative estimate of drug-likeness (QED) is 0.253. The average molecular weight is 486 g/mol. The van der Waals surface area contributed by atoms with Crippen LogP contribution in [0.3, 0.4) is 0 Å². The van der Waals surface area contributed by atoms with Gasteiger partial charge in [0.1, 0.15) is 17.4 Å². The number of carbonyl (C=O) groups excluding carboxylic acids is 1. The first-order valence-corrected chi connectivity index (χ1v) is 12.9. The van der Waals surface area contributed by atoms with E-state index in [1.807, 2.05) is 20.8 Å². The minimum Gasteiger partial charge on any atom is -0.425 e. The zero-order valence-corrected chi connectivity index (χ0v) is 20.8. The zero-order chi connectivity index (χ0) is 24.9. The highest BCUT2D eigenvalue weighted by molar-refractivity contribution is 7.89. The van der Waals surface area contributed by atoms with Gasteiger partial charge in [-0.15, -0.1) is 0 Å². The van der Waals surface area contributed by atoms with Crippen molar-refractivity contribution < 1.29 is 22.4 Å². The molecule has 0 bridgehead atoms. The number of hydrogen-bond donors (Lipinski definition) is 1. The maximum Gasteiger partial charge on any atom is 0.336 e. The van der Waals surface area contributed by atoms with Gasteiger partial charge in [0.2, 0.25) is 10.0 Å². The Labute approximate surface area is 200 Å². The topological polar surface area (TPSA) is 103 Å². The Morgan fingerprint density at radius 1 is 1.09 bits per heavy atom. The van der Waals surface area contributed by atoms with E-state index in [0.29, 0.717) is 5.58 Å². The molecule has 182 valence electrons. The molecule has 0 amide bonds. The molecule has 0 spiro atoms. The van der Waals surface area contributed by atoms with Crippen molar-refractivity contribution in [1.29, 1.82) is 0 Å². The molecule has 7 nitrogen and oxygen atoms in total. The van der Waals surface area contributed by atoms with Gasteiger partial charge in [0.15, 0.2) is 0 Å². The molecule has 0 fully saturated rings. The standard InChI is InChI=1S/C26H31NO6S/c1-5-6-7-19-15-25(28)33-24-16-20(10-13-22(19)24)32-26(29)23(14-17(2)3)27-34(30,31)21-11-8-18(4)9-12-21/h8-13,15-17,23,27H,5-7,14H2,1-4H3/t23-/m0/s1. The van der Waals surface area contributed by atoms with Crippen molar-refractivity contribution in [2.45, 2.75) is 64.3 Å². The number of fused-ring (bicyclic) bond motifs is 1. The van der Waals surface area contributed by atoms with Crippen LogP contribution in [0.15, 0.2) is 62.6 Å². The number of sulfonamides is 1. The third kappa shape index (κ3) is 6.55. The Hall–Kier alpha value is -2.97. The Bertz CT molecular complexity index is 1310. The molecular weight excluding hydrogens is 454 g/mol. The van der Waals surface area contributed by atoms with E-state index >= 15 is 0 Å². The van der Waals surface area contributed by atoms with E-state index in [1.54, 1.807) is 24.3 Å². The molecule has 1 aromatic heterocycles. The maximum atomic E-state index is 13.0. The fourth-order valence-corrected chi connectivity index (χ4v) is 4.87. The van der Waals surface area contributed by atoms with E-state index in [4.69, 9.17) is 9.15 Å². The summed E-state index contributed by atoms with van der Waals surface area (Å²) < 4.78 is 39.0. The molecule has 1 N–H and O–H groups in total. The van der Waals surface area contributed by atoms with Gasteiger partial charge in [-0.3, -0.25) is 0 Å². The predicted molar refractivity (Wildman–Crippen MR) is 131 cm³/mol. The molecule has 34 heavy (non-hydrogen) atoms. The summed E-state index contributed by atoms with van der Waals surface area (Å²) in [4.78, 5) is 25.0. The van der Waals surface area contributed by atoms with E-state index in [9.17, 15) is 18.0 Å². The highest BCUT2D eigenvalue weighted by atomic mass is 32.2. The number of nitrogens with one attached hydrogen (secondary N) is 1. The Kier molecular flexibility index (Phi) is 8.28. The lowest BCUT2D eigenvalue weighted by molar-refractivity contribution is -0.136. The Balaban J connectivity index is 1.85. The van der Waals surface area contributed by atoms with Gasteiger partial charge >= 0.3 is 11.6 Å². The second-order valence-corrected chi connectivity index (χ2v) is 10.6. The molecule has 0 radical (unpaired) electrons. The number of rotatable bonds is 10. The fraction of sp³-hybridized carbons (Fsp3) is 0.385. The van der Waals surface area contributed by atoms with Crippen LogP contribution in [0.4, 0.5) is 0 Å². The number of esters is 1. The van der Waals surface area contributed by atoms with Crippen molar-refractivity contribution in [1.82, 2.24) is 4.72 Å². The fourth-order valence-electron chi connectivity index (χ4n) is 3.67. The van der Waals surface area contributed by atoms with E-state index < -0.39 is 27.7 Å². The minimum atomic E-state index is -3.92. The number of unbranched alkanes of at least 4 members (excludes halogenated alkanes) is 1. The largest absolute Gasteiger partial charge is 0.425 e. The van der Waals surface area contributed by atoms with Crippen LogP contribution in [-0.4, -0.2) is 20.4 Å². The molecule has 0 saturated heterocycles. The van der Waals surface area contributed by atoms with Crippen LogP contribution in [0.1, 0.15) is 51.2 Å². The lowest BCUT2D eigenvalue weighted by Gasteiger charge is -2.19. The monoisotopic (exact) mass is 485 g/mol. The zero-order valence-electron chi connectivity index (χ0n) is 20.0. The van der Waals surface area contributed by atoms with Gasteiger partial charge in [-0.25, -0.2) is 18.0 Å². The van der Waals surface area contributed by atoms with E-state index in [2.05, 4.69) is 11.6 Å². The molecule has 0 aliphatic heterocycles. The second-order valence-electron chi connectivity index (χ2n) is 8.89. The third-order valence-electron chi connectivity index (χ3n) is 5.44. The van der Waals surface area contributed by atoms with Crippen LogP contribution >= 0.6 is 0 Å². The highest BCUT2D eigenvalue weighted by Crippen LogP contribution is 2.25. The molecule has 8 heteroatoms. The third-order valence-corrected chi connectivity index (χ3v) is 6.93. The lowest BCUT2D eigenvalue weighted by Crippen LogP contribution is -2.43. The van der Waals surface area contributed by atoms with Crippen LogP contribution in [0.5, 0.6) is 5.75 Å². The van der Waals surface area contributed by atoms with Gasteiger partial charge in [-0.1, -0.05) is 44.9 Å². The minimum absolute atomic E-state index is 0.0361. The van der Waals surface area contributed by atoms with Crippen molar-refractivity contribution in [2.75, 3.05) is 0 Å². The average Bonchev–Trinajstić information content (AvgIpc) is 2.76. The molecule has 1 heterocycles. The van der Waals surface area contributed by atoms with Crippen molar-refractivity contribution >= 4 is 27.0 Å². The van der Waals surface area contributed by atoms with Gasteiger partial charge in [-0.2, -0.15) is 4.72 Å². The molecule has 0 saturated carbocycles. The van der Waals surface area contributed by atoms with Crippen molar-refractivity contribution in [2.24, 2.45) is 5.92 Å².